The molecule has 34 heavy (non-hydrogen) atoms. The molecule has 3 aromatic heterocycles. The van der Waals surface area contributed by atoms with Crippen LogP contribution in [0.4, 0.5) is 15.9 Å². The summed E-state index contributed by atoms with van der Waals surface area (Å²) in [4.78, 5) is 9.88. The first kappa shape index (κ1) is 20.8. The van der Waals surface area contributed by atoms with Gasteiger partial charge in [0.05, 0.1) is 39.4 Å². The van der Waals surface area contributed by atoms with Crippen LogP contribution in [0.1, 0.15) is 23.3 Å². The Morgan fingerprint density at radius 1 is 1.18 bits per heavy atom. The van der Waals surface area contributed by atoms with Gasteiger partial charge in [-0.15, -0.1) is 11.3 Å². The van der Waals surface area contributed by atoms with Crippen molar-refractivity contribution in [3.8, 4) is 11.8 Å². The molecule has 0 spiro atoms. The van der Waals surface area contributed by atoms with E-state index in [-0.39, 0.29) is 11.9 Å². The number of benzene rings is 2. The molecule has 0 radical (unpaired) electrons. The zero-order valence-electron chi connectivity index (χ0n) is 18.3. The molecule has 168 valence electrons. The molecule has 2 N–H and O–H groups in total. The van der Waals surface area contributed by atoms with Crippen LogP contribution in [-0.4, -0.2) is 32.3 Å². The molecule has 1 atom stereocenters. The van der Waals surface area contributed by atoms with Gasteiger partial charge in [-0.1, -0.05) is 24.0 Å². The van der Waals surface area contributed by atoms with Crippen LogP contribution < -0.4 is 10.6 Å². The fourth-order valence-electron chi connectivity index (χ4n) is 4.21. The first-order chi connectivity index (χ1) is 16.7. The van der Waals surface area contributed by atoms with Crippen molar-refractivity contribution in [1.82, 2.24) is 25.1 Å². The topological polar surface area (TPSA) is 67.7 Å². The molecular weight excluding hydrogens is 447 g/mol. The third kappa shape index (κ3) is 4.23. The van der Waals surface area contributed by atoms with E-state index in [1.165, 1.54) is 18.6 Å². The Bertz CT molecular complexity index is 1550. The summed E-state index contributed by atoms with van der Waals surface area (Å²) in [7, 11) is 0. The summed E-state index contributed by atoms with van der Waals surface area (Å²) in [5, 5.41) is 12.3. The minimum atomic E-state index is -0.241. The maximum atomic E-state index is 13.5. The monoisotopic (exact) mass is 468 g/mol. The maximum Gasteiger partial charge on any atom is 0.151 e. The van der Waals surface area contributed by atoms with Crippen molar-refractivity contribution in [1.29, 1.82) is 0 Å². The number of hydrogen-bond donors (Lipinski definition) is 2. The number of hydrogen-bond acceptors (Lipinski definition) is 6. The number of nitrogens with zero attached hydrogens (tertiary/aromatic N) is 4. The summed E-state index contributed by atoms with van der Waals surface area (Å²) in [5.74, 6) is 7.13. The summed E-state index contributed by atoms with van der Waals surface area (Å²) in [6.07, 6.45) is 5.68. The molecule has 8 heteroatoms. The Morgan fingerprint density at radius 2 is 2.15 bits per heavy atom. The Labute approximate surface area is 199 Å². The molecule has 4 heterocycles. The van der Waals surface area contributed by atoms with E-state index in [2.05, 4.69) is 37.5 Å². The summed E-state index contributed by atoms with van der Waals surface area (Å²) in [6.45, 7) is 1.55. The van der Waals surface area contributed by atoms with Crippen molar-refractivity contribution in [3.63, 3.8) is 0 Å². The summed E-state index contributed by atoms with van der Waals surface area (Å²) >= 11 is 1.60. The smallest absolute Gasteiger partial charge is 0.151 e. The number of halogens is 1. The lowest BCUT2D eigenvalue weighted by atomic mass is 10.2. The predicted octanol–water partition coefficient (Wildman–Crippen LogP) is 5.08. The molecule has 0 amide bonds. The second-order valence-electron chi connectivity index (χ2n) is 8.30. The average Bonchev–Trinajstić information content (AvgIpc) is 3.58. The third-order valence-corrected chi connectivity index (χ3v) is 6.91. The second kappa shape index (κ2) is 8.86. The van der Waals surface area contributed by atoms with Crippen LogP contribution >= 0.6 is 11.3 Å². The van der Waals surface area contributed by atoms with Crippen molar-refractivity contribution in [3.05, 3.63) is 77.3 Å². The largest absolute Gasteiger partial charge is 0.339 e. The molecule has 0 aliphatic carbocycles. The van der Waals surface area contributed by atoms with Crippen LogP contribution in [0.25, 0.3) is 21.1 Å². The minimum absolute atomic E-state index is 0.241. The molecule has 1 aliphatic rings. The summed E-state index contributed by atoms with van der Waals surface area (Å²) in [6, 6.07) is 15.0. The van der Waals surface area contributed by atoms with Crippen molar-refractivity contribution in [2.75, 3.05) is 11.9 Å². The molecule has 0 unspecified atom stereocenters. The molecule has 2 aromatic carbocycles. The SMILES string of the molecule is Fc1cccc(Cn2ncc3cc(Nc4ncnc5cc(C#C[C@@H]6CCCN6)sc45)ccc32)c1. The molecule has 1 aliphatic heterocycles. The van der Waals surface area contributed by atoms with E-state index in [0.717, 1.165) is 56.0 Å². The van der Waals surface area contributed by atoms with E-state index < -0.39 is 0 Å². The number of rotatable bonds is 4. The highest BCUT2D eigenvalue weighted by Crippen LogP contribution is 2.31. The van der Waals surface area contributed by atoms with Gasteiger partial charge >= 0.3 is 0 Å². The lowest BCUT2D eigenvalue weighted by Gasteiger charge is -2.08. The van der Waals surface area contributed by atoms with Crippen LogP contribution in [0.5, 0.6) is 0 Å². The van der Waals surface area contributed by atoms with Crippen LogP contribution in [0.3, 0.4) is 0 Å². The van der Waals surface area contributed by atoms with Crippen LogP contribution in [0.15, 0.2) is 61.1 Å². The Kier molecular flexibility index (Phi) is 5.41. The van der Waals surface area contributed by atoms with Crippen molar-refractivity contribution < 1.29 is 4.39 Å². The lowest BCUT2D eigenvalue weighted by Crippen LogP contribution is -2.18. The van der Waals surface area contributed by atoms with E-state index in [1.807, 2.05) is 41.2 Å². The fraction of sp³-hybridized carbons (Fsp3) is 0.192. The standard InChI is InChI=1S/C26H21FN6S/c27-19-4-1-3-17(11-19)15-33-24-9-7-21(12-18(24)14-31-33)32-26-25-23(29-16-30-26)13-22(34-25)8-6-20-5-2-10-28-20/h1,3-4,7,9,11-14,16,20,28H,2,5,10,15H2,(H,29,30,32)/t20-/m0/s1. The average molecular weight is 469 g/mol. The molecule has 1 fully saturated rings. The first-order valence-electron chi connectivity index (χ1n) is 11.2. The van der Waals surface area contributed by atoms with Crippen LogP contribution in [0.2, 0.25) is 0 Å². The van der Waals surface area contributed by atoms with Gasteiger partial charge in [-0.25, -0.2) is 14.4 Å². The van der Waals surface area contributed by atoms with E-state index in [4.69, 9.17) is 0 Å². The normalized spacial score (nSPS) is 15.5. The predicted molar refractivity (Wildman–Crippen MR) is 134 cm³/mol. The zero-order valence-corrected chi connectivity index (χ0v) is 19.1. The number of thiophene rings is 1. The second-order valence-corrected chi connectivity index (χ2v) is 9.35. The molecule has 0 saturated carbocycles. The Hall–Kier alpha value is -3.80. The third-order valence-electron chi connectivity index (χ3n) is 5.87. The lowest BCUT2D eigenvalue weighted by molar-refractivity contribution is 0.621. The van der Waals surface area contributed by atoms with Gasteiger partial charge in [0.2, 0.25) is 0 Å². The van der Waals surface area contributed by atoms with E-state index >= 15 is 0 Å². The van der Waals surface area contributed by atoms with Crippen LogP contribution in [0, 0.1) is 17.7 Å². The fourth-order valence-corrected chi connectivity index (χ4v) is 5.12. The zero-order chi connectivity index (χ0) is 22.9. The van der Waals surface area contributed by atoms with E-state index in [9.17, 15) is 4.39 Å². The minimum Gasteiger partial charge on any atom is -0.339 e. The number of fused-ring (bicyclic) bond motifs is 2. The number of anilines is 2. The quantitative estimate of drug-likeness (QED) is 0.360. The summed E-state index contributed by atoms with van der Waals surface area (Å²) < 4.78 is 16.4. The van der Waals surface area contributed by atoms with Crippen molar-refractivity contribution in [2.45, 2.75) is 25.4 Å². The number of aromatic nitrogens is 4. The van der Waals surface area contributed by atoms with Gasteiger partial charge in [0, 0.05) is 11.1 Å². The molecular formula is C26H21FN6S. The molecule has 6 nitrogen and oxygen atoms in total. The molecule has 0 bridgehead atoms. The van der Waals surface area contributed by atoms with Gasteiger partial charge in [-0.3, -0.25) is 4.68 Å². The van der Waals surface area contributed by atoms with Crippen molar-refractivity contribution in [2.24, 2.45) is 0 Å². The molecule has 6 rings (SSSR count). The van der Waals surface area contributed by atoms with Gasteiger partial charge < -0.3 is 10.6 Å². The van der Waals surface area contributed by atoms with Gasteiger partial charge in [0.25, 0.3) is 0 Å². The van der Waals surface area contributed by atoms with E-state index in [1.54, 1.807) is 23.7 Å². The number of nitrogens with one attached hydrogen (secondary N) is 2. The van der Waals surface area contributed by atoms with Crippen LogP contribution in [-0.2, 0) is 6.54 Å². The van der Waals surface area contributed by atoms with Gasteiger partial charge in [-0.2, -0.15) is 5.10 Å². The maximum absolute atomic E-state index is 13.5. The highest BCUT2D eigenvalue weighted by atomic mass is 32.1. The van der Waals surface area contributed by atoms with Gasteiger partial charge in [-0.05, 0) is 61.3 Å². The van der Waals surface area contributed by atoms with E-state index in [0.29, 0.717) is 6.54 Å². The highest BCUT2D eigenvalue weighted by molar-refractivity contribution is 7.20. The molecule has 5 aromatic rings. The van der Waals surface area contributed by atoms with Gasteiger partial charge in [0.15, 0.2) is 5.82 Å². The highest BCUT2D eigenvalue weighted by Gasteiger charge is 2.12. The summed E-state index contributed by atoms with van der Waals surface area (Å²) in [5.41, 5.74) is 3.65. The van der Waals surface area contributed by atoms with Gasteiger partial charge in [0.1, 0.15) is 12.1 Å². The Morgan fingerprint density at radius 3 is 3.03 bits per heavy atom. The Balaban J connectivity index is 1.25. The first-order valence-corrected chi connectivity index (χ1v) is 12.0. The van der Waals surface area contributed by atoms with Crippen molar-refractivity contribution >= 4 is 44.0 Å². The molecule has 1 saturated heterocycles.